The lowest BCUT2D eigenvalue weighted by Gasteiger charge is -2.18. The maximum Gasteiger partial charge on any atom is 0.0409 e. The van der Waals surface area contributed by atoms with Crippen molar-refractivity contribution < 1.29 is 0 Å². The first kappa shape index (κ1) is 15.5. The van der Waals surface area contributed by atoms with E-state index in [1.54, 1.807) is 0 Å². The molecule has 1 aromatic carbocycles. The van der Waals surface area contributed by atoms with E-state index in [1.807, 2.05) is 18.8 Å². The van der Waals surface area contributed by atoms with Crippen LogP contribution in [0.25, 0.3) is 0 Å². The number of thioether (sulfide) groups is 1. The van der Waals surface area contributed by atoms with Crippen molar-refractivity contribution in [2.75, 3.05) is 39.2 Å². The average molecular weight is 266 g/mol. The van der Waals surface area contributed by atoms with Gasteiger partial charge in [-0.15, -0.1) is 0 Å². The lowest BCUT2D eigenvalue weighted by atomic mass is 10.0. The first-order valence-corrected chi connectivity index (χ1v) is 7.67. The predicted molar refractivity (Wildman–Crippen MR) is 83.6 cm³/mol. The van der Waals surface area contributed by atoms with Crippen molar-refractivity contribution >= 4 is 11.8 Å². The van der Waals surface area contributed by atoms with Crippen molar-refractivity contribution in [2.45, 2.75) is 19.9 Å². The lowest BCUT2D eigenvalue weighted by Crippen LogP contribution is -2.20. The highest BCUT2D eigenvalue weighted by Gasteiger charge is 2.09. The normalized spacial score (nSPS) is 13.0. The molecule has 2 nitrogen and oxygen atoms in total. The summed E-state index contributed by atoms with van der Waals surface area (Å²) < 4.78 is 0. The molecule has 1 atom stereocenters. The topological polar surface area (TPSA) is 15.3 Å². The van der Waals surface area contributed by atoms with Gasteiger partial charge in [0.2, 0.25) is 0 Å². The van der Waals surface area contributed by atoms with Crippen molar-refractivity contribution in [1.82, 2.24) is 10.2 Å². The number of hydrogen-bond donors (Lipinski definition) is 1. The highest BCUT2D eigenvalue weighted by atomic mass is 32.2. The molecule has 0 saturated carbocycles. The summed E-state index contributed by atoms with van der Waals surface area (Å²) in [5.74, 6) is 2.32. The fourth-order valence-corrected chi connectivity index (χ4v) is 3.03. The molecule has 0 aliphatic rings. The monoisotopic (exact) mass is 266 g/mol. The van der Waals surface area contributed by atoms with Crippen molar-refractivity contribution in [3.05, 3.63) is 34.9 Å². The predicted octanol–water partition coefficient (Wildman–Crippen LogP) is 2.86. The van der Waals surface area contributed by atoms with Gasteiger partial charge in [-0.2, -0.15) is 11.8 Å². The Hall–Kier alpha value is -0.510. The average Bonchev–Trinajstić information content (AvgIpc) is 2.33. The molecular weight excluding hydrogens is 240 g/mol. The second-order valence-electron chi connectivity index (χ2n) is 5.06. The number of aryl methyl sites for hydroxylation is 2. The zero-order chi connectivity index (χ0) is 13.5. The molecule has 18 heavy (non-hydrogen) atoms. The smallest absolute Gasteiger partial charge is 0.0409 e. The van der Waals surface area contributed by atoms with Gasteiger partial charge in [0, 0.05) is 24.1 Å². The minimum Gasteiger partial charge on any atom is -0.312 e. The van der Waals surface area contributed by atoms with Gasteiger partial charge in [-0.1, -0.05) is 18.2 Å². The maximum absolute atomic E-state index is 3.42. The van der Waals surface area contributed by atoms with E-state index >= 15 is 0 Å². The van der Waals surface area contributed by atoms with Crippen molar-refractivity contribution in [3.63, 3.8) is 0 Å². The van der Waals surface area contributed by atoms with E-state index in [0.717, 1.165) is 12.3 Å². The van der Waals surface area contributed by atoms with Crippen LogP contribution >= 0.6 is 11.8 Å². The van der Waals surface area contributed by atoms with Gasteiger partial charge < -0.3 is 10.2 Å². The number of hydrogen-bond acceptors (Lipinski definition) is 3. The van der Waals surface area contributed by atoms with E-state index in [-0.39, 0.29) is 0 Å². The Morgan fingerprint density at radius 2 is 1.94 bits per heavy atom. The summed E-state index contributed by atoms with van der Waals surface area (Å²) >= 11 is 2.01. The quantitative estimate of drug-likeness (QED) is 0.764. The highest BCUT2D eigenvalue weighted by Crippen LogP contribution is 2.20. The first-order valence-electron chi connectivity index (χ1n) is 6.51. The standard InChI is InChI=1S/C15H26N2S/c1-12-6-7-14(10-13(12)2)15(16-3)11-18-9-8-17(4)5/h6-7,10,15-16H,8-9,11H2,1-5H3. The zero-order valence-corrected chi connectivity index (χ0v) is 13.1. The molecule has 1 N–H and O–H groups in total. The number of benzene rings is 1. The zero-order valence-electron chi connectivity index (χ0n) is 12.3. The van der Waals surface area contributed by atoms with Crippen LogP contribution in [0.1, 0.15) is 22.7 Å². The van der Waals surface area contributed by atoms with E-state index in [9.17, 15) is 0 Å². The van der Waals surface area contributed by atoms with Crippen LogP contribution in [0, 0.1) is 13.8 Å². The van der Waals surface area contributed by atoms with E-state index in [1.165, 1.54) is 22.4 Å². The third-order valence-corrected chi connectivity index (χ3v) is 4.29. The molecule has 1 unspecified atom stereocenters. The second-order valence-corrected chi connectivity index (χ2v) is 6.21. The van der Waals surface area contributed by atoms with Crippen molar-refractivity contribution in [1.29, 1.82) is 0 Å². The van der Waals surface area contributed by atoms with E-state index in [0.29, 0.717) is 6.04 Å². The molecule has 0 heterocycles. The third kappa shape index (κ3) is 5.01. The molecule has 0 amide bonds. The van der Waals surface area contributed by atoms with Gasteiger partial charge in [0.25, 0.3) is 0 Å². The summed E-state index contributed by atoms with van der Waals surface area (Å²) in [5.41, 5.74) is 4.15. The molecule has 0 aliphatic heterocycles. The van der Waals surface area contributed by atoms with Crippen molar-refractivity contribution in [3.8, 4) is 0 Å². The van der Waals surface area contributed by atoms with Crippen LogP contribution in [-0.2, 0) is 0 Å². The lowest BCUT2D eigenvalue weighted by molar-refractivity contribution is 0.437. The molecule has 1 rings (SSSR count). The summed E-state index contributed by atoms with van der Waals surface area (Å²) in [5, 5.41) is 3.42. The minimum absolute atomic E-state index is 0.455. The van der Waals surface area contributed by atoms with Gasteiger partial charge in [-0.25, -0.2) is 0 Å². The molecule has 3 heteroatoms. The van der Waals surface area contributed by atoms with Crippen LogP contribution in [0.2, 0.25) is 0 Å². The largest absolute Gasteiger partial charge is 0.312 e. The molecule has 1 aromatic rings. The first-order chi connectivity index (χ1) is 8.54. The fraction of sp³-hybridized carbons (Fsp3) is 0.600. The Morgan fingerprint density at radius 3 is 2.50 bits per heavy atom. The molecule has 0 radical (unpaired) electrons. The molecule has 0 saturated heterocycles. The Balaban J connectivity index is 2.52. The van der Waals surface area contributed by atoms with E-state index < -0.39 is 0 Å². The van der Waals surface area contributed by atoms with Crippen LogP contribution in [-0.4, -0.2) is 44.1 Å². The number of nitrogens with zero attached hydrogens (tertiary/aromatic N) is 1. The molecule has 0 fully saturated rings. The molecule has 0 spiro atoms. The third-order valence-electron chi connectivity index (χ3n) is 3.25. The van der Waals surface area contributed by atoms with Crippen LogP contribution in [0.15, 0.2) is 18.2 Å². The Labute approximate surface area is 116 Å². The highest BCUT2D eigenvalue weighted by molar-refractivity contribution is 7.99. The molecule has 0 aliphatic carbocycles. The number of nitrogens with one attached hydrogen (secondary N) is 1. The summed E-state index contributed by atoms with van der Waals surface area (Å²) in [4.78, 5) is 2.23. The molecule has 102 valence electrons. The van der Waals surface area contributed by atoms with Gasteiger partial charge in [-0.3, -0.25) is 0 Å². The van der Waals surface area contributed by atoms with Crippen LogP contribution in [0.5, 0.6) is 0 Å². The summed E-state index contributed by atoms with van der Waals surface area (Å²) in [6, 6.07) is 7.23. The molecule has 0 aromatic heterocycles. The summed E-state index contributed by atoms with van der Waals surface area (Å²) in [7, 11) is 6.30. The van der Waals surface area contributed by atoms with Gasteiger partial charge >= 0.3 is 0 Å². The maximum atomic E-state index is 3.42. The summed E-state index contributed by atoms with van der Waals surface area (Å²) in [6.07, 6.45) is 0. The van der Waals surface area contributed by atoms with E-state index in [2.05, 4.69) is 56.4 Å². The minimum atomic E-state index is 0.455. The van der Waals surface area contributed by atoms with Crippen LogP contribution in [0.3, 0.4) is 0 Å². The van der Waals surface area contributed by atoms with Crippen LogP contribution < -0.4 is 5.32 Å². The SMILES string of the molecule is CNC(CSCCN(C)C)c1ccc(C)c(C)c1. The number of rotatable bonds is 7. The fourth-order valence-electron chi connectivity index (χ4n) is 1.78. The Kier molecular flexibility index (Phi) is 6.76. The Bertz CT molecular complexity index is 364. The van der Waals surface area contributed by atoms with Gasteiger partial charge in [0.1, 0.15) is 0 Å². The Morgan fingerprint density at radius 1 is 1.22 bits per heavy atom. The van der Waals surface area contributed by atoms with Crippen molar-refractivity contribution in [2.24, 2.45) is 0 Å². The molecular formula is C15H26N2S. The van der Waals surface area contributed by atoms with Gasteiger partial charge in [0.15, 0.2) is 0 Å². The van der Waals surface area contributed by atoms with Crippen LogP contribution in [0.4, 0.5) is 0 Å². The molecule has 0 bridgehead atoms. The summed E-state index contributed by atoms with van der Waals surface area (Å²) in [6.45, 7) is 5.50. The second kappa shape index (κ2) is 7.82. The van der Waals surface area contributed by atoms with Gasteiger partial charge in [0.05, 0.1) is 0 Å². The van der Waals surface area contributed by atoms with E-state index in [4.69, 9.17) is 0 Å². The van der Waals surface area contributed by atoms with Gasteiger partial charge in [-0.05, 0) is 51.7 Å².